The molecule has 1 unspecified atom stereocenters. The van der Waals surface area contributed by atoms with Crippen LogP contribution in [0.25, 0.3) is 0 Å². The van der Waals surface area contributed by atoms with Crippen LogP contribution < -0.4 is 5.32 Å². The zero-order valence-corrected chi connectivity index (χ0v) is 14.3. The van der Waals surface area contributed by atoms with E-state index in [1.807, 2.05) is 0 Å². The Bertz CT molecular complexity index is 259. The highest BCUT2D eigenvalue weighted by Gasteiger charge is 2.26. The van der Waals surface area contributed by atoms with Crippen molar-refractivity contribution in [2.24, 2.45) is 17.8 Å². The van der Waals surface area contributed by atoms with E-state index in [4.69, 9.17) is 0 Å². The highest BCUT2D eigenvalue weighted by molar-refractivity contribution is 9.09. The third kappa shape index (κ3) is 6.29. The molecule has 1 atom stereocenters. The Morgan fingerprint density at radius 3 is 2.42 bits per heavy atom. The first-order chi connectivity index (χ1) is 9.04. The van der Waals surface area contributed by atoms with Crippen LogP contribution in [0.2, 0.25) is 0 Å². The van der Waals surface area contributed by atoms with Crippen LogP contribution in [0.1, 0.15) is 65.7 Å². The minimum atomic E-state index is 0.268. The summed E-state index contributed by atoms with van der Waals surface area (Å²) in [6.07, 6.45) is 8.69. The number of carbonyl (C=O) groups excluding carboxylic acids is 1. The van der Waals surface area contributed by atoms with Gasteiger partial charge in [0.25, 0.3) is 0 Å². The van der Waals surface area contributed by atoms with Crippen LogP contribution in [0, 0.1) is 17.8 Å². The smallest absolute Gasteiger partial charge is 0.223 e. The predicted molar refractivity (Wildman–Crippen MR) is 85.5 cm³/mol. The molecule has 1 rings (SSSR count). The van der Waals surface area contributed by atoms with Crippen LogP contribution in [0.15, 0.2) is 0 Å². The molecule has 1 N–H and O–H groups in total. The van der Waals surface area contributed by atoms with E-state index >= 15 is 0 Å². The van der Waals surface area contributed by atoms with E-state index in [2.05, 4.69) is 42.0 Å². The van der Waals surface area contributed by atoms with Gasteiger partial charge in [0.05, 0.1) is 0 Å². The van der Waals surface area contributed by atoms with Gasteiger partial charge in [-0.05, 0) is 37.5 Å². The van der Waals surface area contributed by atoms with Gasteiger partial charge in [-0.2, -0.15) is 0 Å². The van der Waals surface area contributed by atoms with E-state index in [0.717, 1.165) is 25.3 Å². The maximum atomic E-state index is 12.1. The van der Waals surface area contributed by atoms with Crippen molar-refractivity contribution in [1.29, 1.82) is 0 Å². The Balaban J connectivity index is 2.21. The zero-order valence-electron chi connectivity index (χ0n) is 12.8. The highest BCUT2D eigenvalue weighted by Crippen LogP contribution is 2.32. The van der Waals surface area contributed by atoms with Gasteiger partial charge >= 0.3 is 0 Å². The van der Waals surface area contributed by atoms with Gasteiger partial charge in [-0.3, -0.25) is 4.79 Å². The van der Waals surface area contributed by atoms with Crippen LogP contribution >= 0.6 is 15.9 Å². The molecule has 0 spiro atoms. The van der Waals surface area contributed by atoms with Crippen molar-refractivity contribution >= 4 is 21.8 Å². The monoisotopic (exact) mass is 331 g/mol. The second-order valence-corrected chi connectivity index (χ2v) is 7.54. The summed E-state index contributed by atoms with van der Waals surface area (Å²) >= 11 is 3.62. The zero-order chi connectivity index (χ0) is 14.3. The lowest BCUT2D eigenvalue weighted by Crippen LogP contribution is -2.37. The Labute approximate surface area is 127 Å². The molecule has 0 aliphatic heterocycles. The fourth-order valence-corrected chi connectivity index (χ4v) is 2.95. The molecule has 112 valence electrons. The summed E-state index contributed by atoms with van der Waals surface area (Å²) in [5.74, 6) is 1.98. The molecule has 0 saturated heterocycles. The summed E-state index contributed by atoms with van der Waals surface area (Å²) in [7, 11) is 0. The van der Waals surface area contributed by atoms with Gasteiger partial charge < -0.3 is 5.32 Å². The molecule has 1 aliphatic carbocycles. The second kappa shape index (κ2) is 8.99. The lowest BCUT2D eigenvalue weighted by molar-refractivity contribution is -0.126. The molecule has 0 radical (unpaired) electrons. The lowest BCUT2D eigenvalue weighted by Gasteiger charge is -2.28. The fourth-order valence-electron chi connectivity index (χ4n) is 2.78. The number of hydrogen-bond acceptors (Lipinski definition) is 1. The minimum Gasteiger partial charge on any atom is -0.355 e. The Hall–Kier alpha value is -0.0500. The average molecular weight is 332 g/mol. The number of alkyl halides is 1. The standard InChI is InChI=1S/C16H30BrNO/c1-4-5-6-13-7-9-14(10-8-13)16(19)18-11-15(17)12(2)3/h12-15H,4-11H2,1-3H3,(H,18,19). The number of rotatable bonds is 7. The number of nitrogens with one attached hydrogen (secondary N) is 1. The number of halogens is 1. The van der Waals surface area contributed by atoms with Crippen LogP contribution in [0.4, 0.5) is 0 Å². The third-order valence-electron chi connectivity index (χ3n) is 4.38. The van der Waals surface area contributed by atoms with E-state index in [1.54, 1.807) is 0 Å². The highest BCUT2D eigenvalue weighted by atomic mass is 79.9. The van der Waals surface area contributed by atoms with Crippen molar-refractivity contribution in [2.45, 2.75) is 70.5 Å². The quantitative estimate of drug-likeness (QED) is 0.683. The average Bonchev–Trinajstić information content (AvgIpc) is 2.42. The van der Waals surface area contributed by atoms with Crippen molar-refractivity contribution in [3.05, 3.63) is 0 Å². The first-order valence-corrected chi connectivity index (χ1v) is 8.87. The van der Waals surface area contributed by atoms with Crippen LogP contribution in [0.3, 0.4) is 0 Å². The molecule has 0 heterocycles. The number of carbonyl (C=O) groups is 1. The molecule has 0 bridgehead atoms. The maximum absolute atomic E-state index is 12.1. The lowest BCUT2D eigenvalue weighted by atomic mass is 9.79. The minimum absolute atomic E-state index is 0.268. The van der Waals surface area contributed by atoms with Crippen molar-refractivity contribution in [1.82, 2.24) is 5.32 Å². The summed E-state index contributed by atoms with van der Waals surface area (Å²) in [5.41, 5.74) is 0. The third-order valence-corrected chi connectivity index (χ3v) is 5.76. The van der Waals surface area contributed by atoms with Gasteiger partial charge in [0.15, 0.2) is 0 Å². The second-order valence-electron chi connectivity index (χ2n) is 6.37. The van der Waals surface area contributed by atoms with E-state index in [-0.39, 0.29) is 11.8 Å². The van der Waals surface area contributed by atoms with Crippen LogP contribution in [0.5, 0.6) is 0 Å². The summed E-state index contributed by atoms with van der Waals surface area (Å²) in [6, 6.07) is 0. The Morgan fingerprint density at radius 2 is 1.89 bits per heavy atom. The molecule has 0 aromatic carbocycles. The Morgan fingerprint density at radius 1 is 1.26 bits per heavy atom. The topological polar surface area (TPSA) is 29.1 Å². The van der Waals surface area contributed by atoms with Crippen molar-refractivity contribution in [2.75, 3.05) is 6.54 Å². The van der Waals surface area contributed by atoms with Crippen LogP contribution in [-0.4, -0.2) is 17.3 Å². The fraction of sp³-hybridized carbons (Fsp3) is 0.938. The normalized spacial score (nSPS) is 25.3. The van der Waals surface area contributed by atoms with Gasteiger partial charge in [-0.15, -0.1) is 0 Å². The molecule has 3 heteroatoms. The molecule has 1 aliphatic rings. The van der Waals surface area contributed by atoms with Gasteiger partial charge in [-0.1, -0.05) is 56.0 Å². The molecule has 2 nitrogen and oxygen atoms in total. The van der Waals surface area contributed by atoms with E-state index in [9.17, 15) is 4.79 Å². The van der Waals surface area contributed by atoms with E-state index in [0.29, 0.717) is 10.7 Å². The predicted octanol–water partition coefficient (Wildman–Crippen LogP) is 4.52. The maximum Gasteiger partial charge on any atom is 0.223 e. The molecule has 1 fully saturated rings. The molecular formula is C16H30BrNO. The summed E-state index contributed by atoms with van der Waals surface area (Å²) in [5, 5.41) is 3.11. The number of amides is 1. The molecular weight excluding hydrogens is 302 g/mol. The summed E-state index contributed by atoms with van der Waals surface area (Å²) in [6.45, 7) is 7.35. The SMILES string of the molecule is CCCCC1CCC(C(=O)NCC(Br)C(C)C)CC1. The molecule has 0 aromatic heterocycles. The van der Waals surface area contributed by atoms with Crippen molar-refractivity contribution in [3.8, 4) is 0 Å². The molecule has 1 amide bonds. The van der Waals surface area contributed by atoms with Crippen molar-refractivity contribution in [3.63, 3.8) is 0 Å². The van der Waals surface area contributed by atoms with E-state index < -0.39 is 0 Å². The molecule has 1 saturated carbocycles. The molecule has 19 heavy (non-hydrogen) atoms. The molecule has 0 aromatic rings. The largest absolute Gasteiger partial charge is 0.355 e. The van der Waals surface area contributed by atoms with Crippen LogP contribution in [-0.2, 0) is 4.79 Å². The van der Waals surface area contributed by atoms with Crippen molar-refractivity contribution < 1.29 is 4.79 Å². The number of hydrogen-bond donors (Lipinski definition) is 1. The van der Waals surface area contributed by atoms with Gasteiger partial charge in [0.1, 0.15) is 0 Å². The van der Waals surface area contributed by atoms with Gasteiger partial charge in [-0.25, -0.2) is 0 Å². The summed E-state index contributed by atoms with van der Waals surface area (Å²) in [4.78, 5) is 12.5. The Kier molecular flexibility index (Phi) is 8.05. The first kappa shape index (κ1) is 17.0. The number of unbranched alkanes of at least 4 members (excludes halogenated alkanes) is 1. The summed E-state index contributed by atoms with van der Waals surface area (Å²) < 4.78 is 0. The van der Waals surface area contributed by atoms with E-state index in [1.165, 1.54) is 32.1 Å². The van der Waals surface area contributed by atoms with Gasteiger partial charge in [0.2, 0.25) is 5.91 Å². The van der Waals surface area contributed by atoms with Gasteiger partial charge in [0, 0.05) is 17.3 Å². The first-order valence-electron chi connectivity index (χ1n) is 7.96.